The summed E-state index contributed by atoms with van der Waals surface area (Å²) in [6, 6.07) is 0. The molecule has 0 spiro atoms. The van der Waals surface area contributed by atoms with Crippen LogP contribution in [0.4, 0.5) is 0 Å². The molecule has 0 N–H and O–H groups in total. The van der Waals surface area contributed by atoms with Crippen molar-refractivity contribution in [3.05, 3.63) is 0 Å². The van der Waals surface area contributed by atoms with Gasteiger partial charge in [0.25, 0.3) is 0 Å². The fourth-order valence-corrected chi connectivity index (χ4v) is 1.77. The van der Waals surface area contributed by atoms with Crippen molar-refractivity contribution in [1.29, 1.82) is 0 Å². The van der Waals surface area contributed by atoms with E-state index in [1.165, 1.54) is 19.3 Å². The first-order valence-electron chi connectivity index (χ1n) is 6.92. The van der Waals surface area contributed by atoms with Crippen molar-refractivity contribution in [2.45, 2.75) is 72.1 Å². The lowest BCUT2D eigenvalue weighted by Gasteiger charge is -2.13. The normalized spacial score (nSPS) is 12.4. The van der Waals surface area contributed by atoms with Gasteiger partial charge in [0, 0.05) is 0 Å². The lowest BCUT2D eigenvalue weighted by molar-refractivity contribution is -0.149. The minimum absolute atomic E-state index is 0.0229. The van der Waals surface area contributed by atoms with Crippen LogP contribution in [0.15, 0.2) is 0 Å². The Bertz CT molecular complexity index is 166. The van der Waals surface area contributed by atoms with Crippen LogP contribution in [-0.2, 0) is 9.53 Å². The van der Waals surface area contributed by atoms with Gasteiger partial charge in [0.15, 0.2) is 0 Å². The minimum Gasteiger partial charge on any atom is -0.465 e. The van der Waals surface area contributed by atoms with Crippen LogP contribution < -0.4 is 0 Å². The molecular weight excluding hydrogens is 200 g/mol. The van der Waals surface area contributed by atoms with E-state index in [2.05, 4.69) is 20.8 Å². The highest BCUT2D eigenvalue weighted by Gasteiger charge is 2.16. The molecule has 96 valence electrons. The molecule has 0 heterocycles. The topological polar surface area (TPSA) is 26.3 Å². The van der Waals surface area contributed by atoms with Crippen molar-refractivity contribution >= 4 is 5.97 Å². The van der Waals surface area contributed by atoms with Gasteiger partial charge in [0.1, 0.15) is 0 Å². The highest BCUT2D eigenvalue weighted by molar-refractivity contribution is 5.72. The highest BCUT2D eigenvalue weighted by atomic mass is 16.5. The third-order valence-corrected chi connectivity index (χ3v) is 2.97. The smallest absolute Gasteiger partial charge is 0.308 e. The van der Waals surface area contributed by atoms with Gasteiger partial charge in [0.2, 0.25) is 0 Å². The predicted octanol–water partition coefficient (Wildman–Crippen LogP) is 4.33. The number of ether oxygens (including phenoxy) is 1. The van der Waals surface area contributed by atoms with Crippen LogP contribution in [0.1, 0.15) is 72.1 Å². The van der Waals surface area contributed by atoms with Gasteiger partial charge < -0.3 is 4.74 Å². The molecule has 1 unspecified atom stereocenters. The molecule has 2 nitrogen and oxygen atoms in total. The number of carbonyl (C=O) groups excluding carboxylic acids is 1. The molecule has 0 radical (unpaired) electrons. The summed E-state index contributed by atoms with van der Waals surface area (Å²) < 4.78 is 5.29. The van der Waals surface area contributed by atoms with Crippen molar-refractivity contribution < 1.29 is 9.53 Å². The molecule has 0 bridgehead atoms. The third-order valence-electron chi connectivity index (χ3n) is 2.97. The van der Waals surface area contributed by atoms with Gasteiger partial charge in [-0.3, -0.25) is 4.79 Å². The highest BCUT2D eigenvalue weighted by Crippen LogP contribution is 2.15. The van der Waals surface area contributed by atoms with Crippen LogP contribution in [0, 0.1) is 5.92 Å². The van der Waals surface area contributed by atoms with Crippen molar-refractivity contribution in [3.8, 4) is 0 Å². The largest absolute Gasteiger partial charge is 0.465 e. The Kier molecular flexibility index (Phi) is 10.6. The second-order valence-corrected chi connectivity index (χ2v) is 4.48. The van der Waals surface area contributed by atoms with E-state index in [0.717, 1.165) is 32.1 Å². The van der Waals surface area contributed by atoms with Gasteiger partial charge in [-0.15, -0.1) is 0 Å². The molecule has 0 aromatic heterocycles. The summed E-state index contributed by atoms with van der Waals surface area (Å²) in [5, 5.41) is 0. The van der Waals surface area contributed by atoms with E-state index >= 15 is 0 Å². The molecule has 0 fully saturated rings. The number of hydrogen-bond donors (Lipinski definition) is 0. The zero-order valence-electron chi connectivity index (χ0n) is 11.3. The molecule has 16 heavy (non-hydrogen) atoms. The number of carbonyl (C=O) groups is 1. The fourth-order valence-electron chi connectivity index (χ4n) is 1.77. The molecule has 0 aromatic rings. The fraction of sp³-hybridized carbons (Fsp3) is 0.929. The van der Waals surface area contributed by atoms with Gasteiger partial charge in [-0.1, -0.05) is 52.9 Å². The van der Waals surface area contributed by atoms with Gasteiger partial charge >= 0.3 is 5.97 Å². The molecule has 0 aromatic carbocycles. The lowest BCUT2D eigenvalue weighted by Crippen LogP contribution is -2.17. The number of esters is 1. The summed E-state index contributed by atoms with van der Waals surface area (Å²) in [5.41, 5.74) is 0. The van der Waals surface area contributed by atoms with Crippen LogP contribution in [0.5, 0.6) is 0 Å². The van der Waals surface area contributed by atoms with Crippen LogP contribution in [0.3, 0.4) is 0 Å². The Labute approximate surface area is 101 Å². The molecule has 0 aliphatic carbocycles. The van der Waals surface area contributed by atoms with Gasteiger partial charge in [-0.05, 0) is 19.3 Å². The number of unbranched alkanes of at least 4 members (excludes halogenated alkanes) is 4. The summed E-state index contributed by atoms with van der Waals surface area (Å²) in [5.74, 6) is 0.155. The maximum Gasteiger partial charge on any atom is 0.308 e. The number of hydrogen-bond acceptors (Lipinski definition) is 2. The zero-order valence-corrected chi connectivity index (χ0v) is 11.3. The average molecular weight is 228 g/mol. The van der Waals surface area contributed by atoms with Crippen molar-refractivity contribution in [1.82, 2.24) is 0 Å². The Hall–Kier alpha value is -0.530. The van der Waals surface area contributed by atoms with Crippen LogP contribution >= 0.6 is 0 Å². The standard InChI is InChI=1S/C14H28O2/c1-4-7-9-11-13(6-3)14(15)16-12-10-8-5-2/h13H,4-12H2,1-3H3. The number of rotatable bonds is 10. The Morgan fingerprint density at radius 2 is 1.62 bits per heavy atom. The first-order valence-corrected chi connectivity index (χ1v) is 6.92. The van der Waals surface area contributed by atoms with E-state index in [4.69, 9.17) is 4.74 Å². The maximum absolute atomic E-state index is 11.7. The summed E-state index contributed by atoms with van der Waals surface area (Å²) in [6.07, 6.45) is 8.83. The van der Waals surface area contributed by atoms with E-state index in [-0.39, 0.29) is 11.9 Å². The van der Waals surface area contributed by atoms with Crippen molar-refractivity contribution in [2.75, 3.05) is 6.61 Å². The van der Waals surface area contributed by atoms with E-state index in [1.54, 1.807) is 0 Å². The SMILES string of the molecule is CCCCCOC(=O)C(CC)CCCCC. The minimum atomic E-state index is 0.0229. The second-order valence-electron chi connectivity index (χ2n) is 4.48. The zero-order chi connectivity index (χ0) is 12.2. The molecule has 0 rings (SSSR count). The monoisotopic (exact) mass is 228 g/mol. The molecule has 0 amide bonds. The van der Waals surface area contributed by atoms with Crippen molar-refractivity contribution in [3.63, 3.8) is 0 Å². The molecule has 0 aliphatic heterocycles. The van der Waals surface area contributed by atoms with Crippen molar-refractivity contribution in [2.24, 2.45) is 5.92 Å². The summed E-state index contributed by atoms with van der Waals surface area (Å²) in [6.45, 7) is 7.02. The summed E-state index contributed by atoms with van der Waals surface area (Å²) in [7, 11) is 0. The molecule has 0 saturated carbocycles. The first-order chi connectivity index (χ1) is 7.76. The van der Waals surface area contributed by atoms with E-state index in [9.17, 15) is 4.79 Å². The van der Waals surface area contributed by atoms with Crippen LogP contribution in [0.2, 0.25) is 0 Å². The first kappa shape index (κ1) is 15.5. The van der Waals surface area contributed by atoms with E-state index in [1.807, 2.05) is 0 Å². The molecule has 1 atom stereocenters. The lowest BCUT2D eigenvalue weighted by atomic mass is 9.99. The van der Waals surface area contributed by atoms with Gasteiger partial charge in [-0.25, -0.2) is 0 Å². The average Bonchev–Trinajstić information content (AvgIpc) is 2.30. The second kappa shape index (κ2) is 11.0. The van der Waals surface area contributed by atoms with E-state index in [0.29, 0.717) is 6.61 Å². The Morgan fingerprint density at radius 3 is 2.19 bits per heavy atom. The molecule has 0 aliphatic rings. The molecular formula is C14H28O2. The van der Waals surface area contributed by atoms with Crippen LogP contribution in [-0.4, -0.2) is 12.6 Å². The Balaban J connectivity index is 3.65. The summed E-state index contributed by atoms with van der Waals surface area (Å²) >= 11 is 0. The van der Waals surface area contributed by atoms with Gasteiger partial charge in [0.05, 0.1) is 12.5 Å². The quantitative estimate of drug-likeness (QED) is 0.411. The van der Waals surface area contributed by atoms with Gasteiger partial charge in [-0.2, -0.15) is 0 Å². The third kappa shape index (κ3) is 7.72. The summed E-state index contributed by atoms with van der Waals surface area (Å²) in [4.78, 5) is 11.7. The van der Waals surface area contributed by atoms with Crippen LogP contribution in [0.25, 0.3) is 0 Å². The maximum atomic E-state index is 11.7. The predicted molar refractivity (Wildman–Crippen MR) is 68.4 cm³/mol. The molecule has 0 saturated heterocycles. The van der Waals surface area contributed by atoms with E-state index < -0.39 is 0 Å². The Morgan fingerprint density at radius 1 is 1.00 bits per heavy atom. The molecule has 2 heteroatoms.